The molecule has 96 valence electrons. The Hall–Kier alpha value is -2.57. The molecule has 7 nitrogen and oxygen atoms in total. The molecule has 0 radical (unpaired) electrons. The number of ether oxygens (including phenoxy) is 1. The van der Waals surface area contributed by atoms with Crippen LogP contribution in [-0.4, -0.2) is 33.2 Å². The summed E-state index contributed by atoms with van der Waals surface area (Å²) in [6.45, 7) is 0. The highest BCUT2D eigenvalue weighted by molar-refractivity contribution is 5.91. The minimum absolute atomic E-state index is 0.0689. The molecule has 0 aliphatic carbocycles. The van der Waals surface area contributed by atoms with E-state index in [0.29, 0.717) is 0 Å². The van der Waals surface area contributed by atoms with Crippen LogP contribution in [0, 0.1) is 0 Å². The molecule has 0 heterocycles. The van der Waals surface area contributed by atoms with Gasteiger partial charge in [-0.15, -0.1) is 0 Å². The highest BCUT2D eigenvalue weighted by Crippen LogP contribution is 2.23. The number of benzene rings is 1. The quantitative estimate of drug-likeness (QED) is 0.526. The lowest BCUT2D eigenvalue weighted by molar-refractivity contribution is -0.142. The van der Waals surface area contributed by atoms with Gasteiger partial charge in [0.15, 0.2) is 0 Å². The van der Waals surface area contributed by atoms with Crippen molar-refractivity contribution >= 4 is 17.9 Å². The van der Waals surface area contributed by atoms with E-state index in [-0.39, 0.29) is 18.6 Å². The molecule has 0 atom stereocenters. The second kappa shape index (κ2) is 5.67. The van der Waals surface area contributed by atoms with Crippen LogP contribution in [0.2, 0.25) is 0 Å². The summed E-state index contributed by atoms with van der Waals surface area (Å²) in [6, 6.07) is 3.26. The number of hydrogen-bond donors (Lipinski definition) is 3. The number of carbonyl (C=O) groups is 3. The van der Waals surface area contributed by atoms with Gasteiger partial charge in [-0.2, -0.15) is 0 Å². The van der Waals surface area contributed by atoms with E-state index >= 15 is 0 Å². The molecule has 1 aromatic rings. The second-order valence-electron chi connectivity index (χ2n) is 3.35. The fourth-order valence-corrected chi connectivity index (χ4v) is 1.14. The molecule has 7 heteroatoms. The Morgan fingerprint density at radius 3 is 2.33 bits per heavy atom. The van der Waals surface area contributed by atoms with Gasteiger partial charge in [-0.1, -0.05) is 0 Å². The molecule has 0 aliphatic rings. The van der Waals surface area contributed by atoms with Gasteiger partial charge in [-0.25, -0.2) is 4.79 Å². The summed E-state index contributed by atoms with van der Waals surface area (Å²) < 4.78 is 4.73. The molecule has 18 heavy (non-hydrogen) atoms. The number of aromatic hydroxyl groups is 1. The molecule has 0 aromatic heterocycles. The number of phenols is 1. The van der Waals surface area contributed by atoms with Gasteiger partial charge in [0.1, 0.15) is 17.1 Å². The van der Waals surface area contributed by atoms with Crippen molar-refractivity contribution in [1.82, 2.24) is 0 Å². The molecule has 0 saturated carbocycles. The van der Waals surface area contributed by atoms with Crippen molar-refractivity contribution in [1.29, 1.82) is 0 Å². The first-order valence-electron chi connectivity index (χ1n) is 4.89. The van der Waals surface area contributed by atoms with E-state index in [0.717, 1.165) is 12.1 Å². The smallest absolute Gasteiger partial charge is 0.339 e. The first-order valence-corrected chi connectivity index (χ1v) is 4.89. The summed E-state index contributed by atoms with van der Waals surface area (Å²) in [5.74, 6) is -3.81. The zero-order chi connectivity index (χ0) is 13.7. The van der Waals surface area contributed by atoms with Crippen molar-refractivity contribution in [3.05, 3.63) is 23.8 Å². The van der Waals surface area contributed by atoms with Crippen LogP contribution in [0.4, 0.5) is 0 Å². The summed E-state index contributed by atoms with van der Waals surface area (Å²) in [5.41, 5.74) is -0.404. The van der Waals surface area contributed by atoms with Gasteiger partial charge < -0.3 is 20.1 Å². The maximum absolute atomic E-state index is 11.2. The number of aliphatic carboxylic acids is 1. The molecule has 1 rings (SSSR count). The average molecular weight is 254 g/mol. The number of esters is 1. The van der Waals surface area contributed by atoms with E-state index in [1.165, 1.54) is 6.07 Å². The molecule has 3 N–H and O–H groups in total. The Balaban J connectivity index is 2.73. The maximum atomic E-state index is 11.2. The molecule has 1 aromatic carbocycles. The van der Waals surface area contributed by atoms with Gasteiger partial charge in [-0.05, 0) is 18.2 Å². The first-order chi connectivity index (χ1) is 8.40. The minimum atomic E-state index is -1.36. The van der Waals surface area contributed by atoms with Crippen molar-refractivity contribution in [2.24, 2.45) is 0 Å². The molecule has 0 fully saturated rings. The molecule has 0 saturated heterocycles. The van der Waals surface area contributed by atoms with E-state index in [1.54, 1.807) is 0 Å². The number of hydrogen-bond acceptors (Lipinski definition) is 5. The van der Waals surface area contributed by atoms with Crippen molar-refractivity contribution in [2.45, 2.75) is 12.8 Å². The fraction of sp³-hybridized carbons (Fsp3) is 0.182. The minimum Gasteiger partial charge on any atom is -0.507 e. The van der Waals surface area contributed by atoms with Gasteiger partial charge >= 0.3 is 17.9 Å². The molecular weight excluding hydrogens is 244 g/mol. The van der Waals surface area contributed by atoms with Crippen LogP contribution in [0.25, 0.3) is 0 Å². The van der Waals surface area contributed by atoms with Gasteiger partial charge in [0, 0.05) is 0 Å². The zero-order valence-corrected chi connectivity index (χ0v) is 9.12. The van der Waals surface area contributed by atoms with Gasteiger partial charge in [0.05, 0.1) is 12.8 Å². The lowest BCUT2D eigenvalue weighted by Gasteiger charge is -2.05. The first kappa shape index (κ1) is 13.5. The van der Waals surface area contributed by atoms with Gasteiger partial charge in [-0.3, -0.25) is 9.59 Å². The Morgan fingerprint density at radius 2 is 1.78 bits per heavy atom. The molecule has 0 aliphatic heterocycles. The largest absolute Gasteiger partial charge is 0.507 e. The van der Waals surface area contributed by atoms with Crippen molar-refractivity contribution in [3.8, 4) is 11.5 Å². The second-order valence-corrected chi connectivity index (χ2v) is 3.35. The Bertz CT molecular complexity index is 492. The third kappa shape index (κ3) is 3.78. The Kier molecular flexibility index (Phi) is 4.25. The predicted octanol–water partition coefficient (Wildman–Crippen LogP) is 0.861. The summed E-state index contributed by atoms with van der Waals surface area (Å²) in [4.78, 5) is 32.1. The normalized spacial score (nSPS) is 9.78. The molecule has 0 unspecified atom stereocenters. The van der Waals surface area contributed by atoms with Crippen LogP contribution in [0.1, 0.15) is 23.2 Å². The summed E-state index contributed by atoms with van der Waals surface area (Å²) in [6.07, 6.45) is -0.693. The van der Waals surface area contributed by atoms with Crippen LogP contribution in [-0.2, 0) is 9.59 Å². The van der Waals surface area contributed by atoms with E-state index < -0.39 is 29.2 Å². The summed E-state index contributed by atoms with van der Waals surface area (Å²) in [7, 11) is 0. The van der Waals surface area contributed by atoms with Crippen LogP contribution in [0.3, 0.4) is 0 Å². The third-order valence-corrected chi connectivity index (χ3v) is 1.97. The molecular formula is C11H10O7. The number of carboxylic acids is 2. The van der Waals surface area contributed by atoms with Gasteiger partial charge in [0.25, 0.3) is 0 Å². The Labute approximate surface area is 101 Å². The van der Waals surface area contributed by atoms with Crippen molar-refractivity contribution < 1.29 is 34.4 Å². The van der Waals surface area contributed by atoms with Crippen LogP contribution in [0.5, 0.6) is 11.5 Å². The predicted molar refractivity (Wildman–Crippen MR) is 57.6 cm³/mol. The fourth-order valence-electron chi connectivity index (χ4n) is 1.14. The molecule has 0 bridgehead atoms. The van der Waals surface area contributed by atoms with Crippen LogP contribution >= 0.6 is 0 Å². The SMILES string of the molecule is O=C(O)CCC(=O)Oc1ccc(O)c(C(=O)O)c1. The topological polar surface area (TPSA) is 121 Å². The average Bonchev–Trinajstić information content (AvgIpc) is 2.28. The number of carboxylic acid groups (broad SMARTS) is 2. The third-order valence-electron chi connectivity index (χ3n) is 1.97. The lowest BCUT2D eigenvalue weighted by atomic mass is 10.2. The molecule has 0 spiro atoms. The standard InChI is InChI=1S/C11H10O7/c12-8-2-1-6(5-7(8)11(16)17)18-10(15)4-3-9(13)14/h1-2,5,12H,3-4H2,(H,13,14)(H,16,17). The number of rotatable bonds is 5. The maximum Gasteiger partial charge on any atom is 0.339 e. The summed E-state index contributed by atoms with van der Waals surface area (Å²) >= 11 is 0. The summed E-state index contributed by atoms with van der Waals surface area (Å²) in [5, 5.41) is 26.3. The van der Waals surface area contributed by atoms with E-state index in [4.69, 9.17) is 14.9 Å². The van der Waals surface area contributed by atoms with E-state index in [9.17, 15) is 19.5 Å². The highest BCUT2D eigenvalue weighted by Gasteiger charge is 2.13. The van der Waals surface area contributed by atoms with Crippen LogP contribution < -0.4 is 4.74 Å². The monoisotopic (exact) mass is 254 g/mol. The van der Waals surface area contributed by atoms with Crippen LogP contribution in [0.15, 0.2) is 18.2 Å². The van der Waals surface area contributed by atoms with Crippen molar-refractivity contribution in [2.75, 3.05) is 0 Å². The van der Waals surface area contributed by atoms with E-state index in [2.05, 4.69) is 0 Å². The molecule has 0 amide bonds. The number of carbonyl (C=O) groups excluding carboxylic acids is 1. The Morgan fingerprint density at radius 1 is 1.11 bits per heavy atom. The highest BCUT2D eigenvalue weighted by atomic mass is 16.5. The van der Waals surface area contributed by atoms with E-state index in [1.807, 2.05) is 0 Å². The van der Waals surface area contributed by atoms with Gasteiger partial charge in [0.2, 0.25) is 0 Å². The zero-order valence-electron chi connectivity index (χ0n) is 9.12. The number of aromatic carboxylic acids is 1. The lowest BCUT2D eigenvalue weighted by Crippen LogP contribution is -2.10. The van der Waals surface area contributed by atoms with Crippen molar-refractivity contribution in [3.63, 3.8) is 0 Å².